The highest BCUT2D eigenvalue weighted by Gasteiger charge is 2.21. The van der Waals surface area contributed by atoms with Crippen LogP contribution in [-0.4, -0.2) is 26.5 Å². The summed E-state index contributed by atoms with van der Waals surface area (Å²) < 4.78 is 0. The summed E-state index contributed by atoms with van der Waals surface area (Å²) in [6.07, 6.45) is 0.760. The minimum absolute atomic E-state index is 0.0518. The summed E-state index contributed by atoms with van der Waals surface area (Å²) in [5.74, 6) is 0.931. The molecule has 0 spiro atoms. The highest BCUT2D eigenvalue weighted by atomic mass is 32.1. The Morgan fingerprint density at radius 1 is 1.29 bits per heavy atom. The van der Waals surface area contributed by atoms with E-state index >= 15 is 0 Å². The van der Waals surface area contributed by atoms with Crippen molar-refractivity contribution in [3.05, 3.63) is 69.0 Å². The van der Waals surface area contributed by atoms with Gasteiger partial charge in [-0.05, 0) is 29.1 Å². The predicted molar refractivity (Wildman–Crippen MR) is 94.1 cm³/mol. The lowest BCUT2D eigenvalue weighted by molar-refractivity contribution is 0.241. The molecule has 0 unspecified atom stereocenters. The van der Waals surface area contributed by atoms with Crippen LogP contribution in [0.5, 0.6) is 5.75 Å². The number of aromatic hydroxyl groups is 1. The zero-order valence-corrected chi connectivity index (χ0v) is 13.8. The molecule has 0 saturated carbocycles. The molecule has 0 bridgehead atoms. The van der Waals surface area contributed by atoms with E-state index in [9.17, 15) is 9.90 Å². The first-order valence-corrected chi connectivity index (χ1v) is 8.73. The fourth-order valence-electron chi connectivity index (χ4n) is 3.06. The van der Waals surface area contributed by atoms with Crippen LogP contribution >= 0.6 is 11.3 Å². The summed E-state index contributed by atoms with van der Waals surface area (Å²) >= 11 is 1.57. The molecule has 2 aromatic heterocycles. The van der Waals surface area contributed by atoms with Crippen molar-refractivity contribution in [2.45, 2.75) is 19.5 Å². The molecule has 24 heavy (non-hydrogen) atoms. The molecule has 2 N–H and O–H groups in total. The van der Waals surface area contributed by atoms with Gasteiger partial charge in [0.15, 0.2) is 5.82 Å². The van der Waals surface area contributed by atoms with E-state index in [4.69, 9.17) is 0 Å². The molecule has 4 rings (SSSR count). The fraction of sp³-hybridized carbons (Fsp3) is 0.222. The summed E-state index contributed by atoms with van der Waals surface area (Å²) in [6, 6.07) is 11.2. The fourth-order valence-corrected chi connectivity index (χ4v) is 3.73. The van der Waals surface area contributed by atoms with Crippen molar-refractivity contribution >= 4 is 11.3 Å². The molecule has 3 aromatic rings. The lowest BCUT2D eigenvalue weighted by Gasteiger charge is -2.27. The standard InChI is InChI=1S/C18H17N3O2S/c22-13-4-1-3-12(9-13)10-21-7-6-15-14(11-21)18(23)20-17(19-15)16-5-2-8-24-16/h1-5,8-9,22H,6-7,10-11H2,(H,19,20,23). The van der Waals surface area contributed by atoms with E-state index in [1.54, 1.807) is 23.5 Å². The zero-order chi connectivity index (χ0) is 16.5. The molecule has 0 atom stereocenters. The van der Waals surface area contributed by atoms with Crippen LogP contribution in [0.15, 0.2) is 46.6 Å². The van der Waals surface area contributed by atoms with Crippen LogP contribution < -0.4 is 5.56 Å². The number of nitrogens with zero attached hydrogens (tertiary/aromatic N) is 2. The lowest BCUT2D eigenvalue weighted by Crippen LogP contribution is -2.35. The molecule has 0 aliphatic carbocycles. The van der Waals surface area contributed by atoms with Crippen LogP contribution in [-0.2, 0) is 19.5 Å². The third-order valence-electron chi connectivity index (χ3n) is 4.22. The number of phenols is 1. The number of nitrogens with one attached hydrogen (secondary N) is 1. The first-order valence-electron chi connectivity index (χ1n) is 7.85. The van der Waals surface area contributed by atoms with Crippen LogP contribution in [0.4, 0.5) is 0 Å². The second-order valence-electron chi connectivity index (χ2n) is 5.95. The van der Waals surface area contributed by atoms with Crippen LogP contribution in [0.25, 0.3) is 10.7 Å². The molecule has 0 saturated heterocycles. The minimum atomic E-state index is -0.0518. The summed E-state index contributed by atoms with van der Waals surface area (Å²) in [6.45, 7) is 2.14. The predicted octanol–water partition coefficient (Wildman–Crippen LogP) is 2.76. The van der Waals surface area contributed by atoms with Crippen LogP contribution in [0.1, 0.15) is 16.8 Å². The number of rotatable bonds is 3. The van der Waals surface area contributed by atoms with Crippen molar-refractivity contribution in [2.75, 3.05) is 6.54 Å². The number of benzene rings is 1. The highest BCUT2D eigenvalue weighted by Crippen LogP contribution is 2.23. The number of aromatic amines is 1. The van der Waals surface area contributed by atoms with Crippen LogP contribution in [0.2, 0.25) is 0 Å². The Morgan fingerprint density at radius 2 is 2.21 bits per heavy atom. The number of fused-ring (bicyclic) bond motifs is 1. The van der Waals surface area contributed by atoms with Crippen molar-refractivity contribution in [1.29, 1.82) is 0 Å². The van der Waals surface area contributed by atoms with Gasteiger partial charge in [-0.3, -0.25) is 9.69 Å². The average molecular weight is 339 g/mol. The lowest BCUT2D eigenvalue weighted by atomic mass is 10.1. The van der Waals surface area contributed by atoms with Crippen LogP contribution in [0, 0.1) is 0 Å². The number of hydrogen-bond donors (Lipinski definition) is 2. The van der Waals surface area contributed by atoms with Gasteiger partial charge in [0.1, 0.15) is 5.75 Å². The molecule has 5 nitrogen and oxygen atoms in total. The topological polar surface area (TPSA) is 69.2 Å². The molecular formula is C18H17N3O2S. The first-order chi connectivity index (χ1) is 11.7. The SMILES string of the molecule is O=c1[nH]c(-c2cccs2)nc2c1CN(Cc1cccc(O)c1)CC2. The van der Waals surface area contributed by atoms with Gasteiger partial charge < -0.3 is 10.1 Å². The molecule has 0 radical (unpaired) electrons. The van der Waals surface area contributed by atoms with Gasteiger partial charge in [-0.2, -0.15) is 0 Å². The maximum absolute atomic E-state index is 12.5. The smallest absolute Gasteiger partial charge is 0.255 e. The van der Waals surface area contributed by atoms with E-state index in [-0.39, 0.29) is 11.3 Å². The molecule has 0 amide bonds. The van der Waals surface area contributed by atoms with E-state index in [0.717, 1.165) is 34.7 Å². The normalized spacial score (nSPS) is 14.5. The number of phenolic OH excluding ortho intramolecular Hbond substituents is 1. The number of thiophene rings is 1. The summed E-state index contributed by atoms with van der Waals surface area (Å²) in [5.41, 5.74) is 2.64. The number of hydrogen-bond acceptors (Lipinski definition) is 5. The highest BCUT2D eigenvalue weighted by molar-refractivity contribution is 7.13. The summed E-state index contributed by atoms with van der Waals surface area (Å²) in [5, 5.41) is 11.6. The first kappa shape index (κ1) is 15.1. The monoisotopic (exact) mass is 339 g/mol. The van der Waals surface area contributed by atoms with Gasteiger partial charge in [-0.25, -0.2) is 4.98 Å². The van der Waals surface area contributed by atoms with Crippen LogP contribution in [0.3, 0.4) is 0 Å². The maximum Gasteiger partial charge on any atom is 0.255 e. The van der Waals surface area contributed by atoms with Crippen molar-refractivity contribution in [1.82, 2.24) is 14.9 Å². The number of H-pyrrole nitrogens is 1. The number of aromatic nitrogens is 2. The second-order valence-corrected chi connectivity index (χ2v) is 6.90. The summed E-state index contributed by atoms with van der Waals surface area (Å²) in [4.78, 5) is 23.2. The third-order valence-corrected chi connectivity index (χ3v) is 5.10. The van der Waals surface area contributed by atoms with Gasteiger partial charge >= 0.3 is 0 Å². The zero-order valence-electron chi connectivity index (χ0n) is 13.0. The minimum Gasteiger partial charge on any atom is -0.508 e. The summed E-state index contributed by atoms with van der Waals surface area (Å²) in [7, 11) is 0. The Labute approximate surface area is 143 Å². The molecule has 0 fully saturated rings. The molecule has 122 valence electrons. The van der Waals surface area contributed by atoms with Gasteiger partial charge in [0.05, 0.1) is 16.1 Å². The van der Waals surface area contributed by atoms with Gasteiger partial charge in [0, 0.05) is 26.1 Å². The molecule has 1 aliphatic rings. The van der Waals surface area contributed by atoms with E-state index in [0.29, 0.717) is 18.9 Å². The Balaban J connectivity index is 1.58. The van der Waals surface area contributed by atoms with Crippen molar-refractivity contribution < 1.29 is 5.11 Å². The Bertz CT molecular complexity index is 918. The van der Waals surface area contributed by atoms with Gasteiger partial charge in [-0.1, -0.05) is 18.2 Å². The third kappa shape index (κ3) is 2.98. The van der Waals surface area contributed by atoms with Gasteiger partial charge in [-0.15, -0.1) is 11.3 Å². The Morgan fingerprint density at radius 3 is 3.00 bits per heavy atom. The quantitative estimate of drug-likeness (QED) is 0.770. The molecule has 6 heteroatoms. The second kappa shape index (κ2) is 6.22. The van der Waals surface area contributed by atoms with Crippen molar-refractivity contribution in [2.24, 2.45) is 0 Å². The molecule has 3 heterocycles. The average Bonchev–Trinajstić information content (AvgIpc) is 3.10. The van der Waals surface area contributed by atoms with E-state index < -0.39 is 0 Å². The largest absolute Gasteiger partial charge is 0.508 e. The van der Waals surface area contributed by atoms with E-state index in [1.165, 1.54) is 0 Å². The van der Waals surface area contributed by atoms with Gasteiger partial charge in [0.25, 0.3) is 5.56 Å². The molecular weight excluding hydrogens is 322 g/mol. The van der Waals surface area contributed by atoms with E-state index in [2.05, 4.69) is 14.9 Å². The van der Waals surface area contributed by atoms with Crippen molar-refractivity contribution in [3.63, 3.8) is 0 Å². The van der Waals surface area contributed by atoms with Gasteiger partial charge in [0.2, 0.25) is 0 Å². The van der Waals surface area contributed by atoms with Crippen molar-refractivity contribution in [3.8, 4) is 16.5 Å². The molecule has 1 aliphatic heterocycles. The molecule has 1 aromatic carbocycles. The maximum atomic E-state index is 12.5. The Hall–Kier alpha value is -2.44. The Kier molecular flexibility index (Phi) is 3.92. The van der Waals surface area contributed by atoms with E-state index in [1.807, 2.05) is 29.6 Å².